The Hall–Kier alpha value is -1.42. The highest BCUT2D eigenvalue weighted by Gasteiger charge is 2.21. The van der Waals surface area contributed by atoms with Gasteiger partial charge in [0.15, 0.2) is 5.57 Å². The molecule has 1 atom stereocenters. The summed E-state index contributed by atoms with van der Waals surface area (Å²) >= 11 is 0. The van der Waals surface area contributed by atoms with Gasteiger partial charge in [0.25, 0.3) is 0 Å². The fourth-order valence-electron chi connectivity index (χ4n) is 0.811. The lowest BCUT2D eigenvalue weighted by molar-refractivity contribution is -0.766. The van der Waals surface area contributed by atoms with Crippen molar-refractivity contribution in [3.05, 3.63) is 24.0 Å². The zero-order valence-electron chi connectivity index (χ0n) is 6.00. The van der Waals surface area contributed by atoms with Crippen LogP contribution in [0.1, 0.15) is 0 Å². The van der Waals surface area contributed by atoms with Crippen molar-refractivity contribution in [2.24, 2.45) is 0 Å². The Balaban J connectivity index is 2.94. The molecule has 0 spiro atoms. The zero-order valence-corrected chi connectivity index (χ0v) is 6.00. The third kappa shape index (κ3) is 1.53. The number of ketones is 1. The highest BCUT2D eigenvalue weighted by molar-refractivity contribution is 6.21. The molecule has 0 amide bonds. The van der Waals surface area contributed by atoms with Gasteiger partial charge in [-0.3, -0.25) is 9.69 Å². The van der Waals surface area contributed by atoms with Crippen molar-refractivity contribution in [2.45, 2.75) is 0 Å². The molecule has 1 unspecified atom stereocenters. The van der Waals surface area contributed by atoms with Crippen molar-refractivity contribution in [2.75, 3.05) is 7.05 Å². The number of hydrogen-bond donors (Lipinski definition) is 2. The standard InChI is InChI=1S/C7H7NO3/c1-8-3-2-6(9)5(4-8)7(10)11/h2-4H,1H3,(H,10,11)/p+1. The van der Waals surface area contributed by atoms with Crippen molar-refractivity contribution >= 4 is 11.8 Å². The van der Waals surface area contributed by atoms with Crippen LogP contribution in [0.4, 0.5) is 0 Å². The number of allylic oxidation sites excluding steroid dienone is 1. The van der Waals surface area contributed by atoms with E-state index in [1.54, 1.807) is 13.2 Å². The summed E-state index contributed by atoms with van der Waals surface area (Å²) in [6, 6.07) is 0. The molecule has 58 valence electrons. The molecule has 0 saturated heterocycles. The maximum atomic E-state index is 10.8. The lowest BCUT2D eigenvalue weighted by atomic mass is 10.1. The van der Waals surface area contributed by atoms with Gasteiger partial charge >= 0.3 is 5.97 Å². The number of carbonyl (C=O) groups is 2. The minimum Gasteiger partial charge on any atom is -0.477 e. The summed E-state index contributed by atoms with van der Waals surface area (Å²) in [4.78, 5) is 22.0. The third-order valence-corrected chi connectivity index (χ3v) is 1.37. The summed E-state index contributed by atoms with van der Waals surface area (Å²) in [5.41, 5.74) is -0.162. The van der Waals surface area contributed by atoms with Crippen LogP contribution in [0, 0.1) is 0 Å². The molecule has 0 aliphatic carbocycles. The van der Waals surface area contributed by atoms with E-state index in [1.807, 2.05) is 0 Å². The number of hydrogen-bond acceptors (Lipinski definition) is 2. The predicted molar refractivity (Wildman–Crippen MR) is 36.8 cm³/mol. The number of quaternary nitrogens is 1. The molecule has 0 radical (unpaired) electrons. The smallest absolute Gasteiger partial charge is 0.345 e. The Morgan fingerprint density at radius 1 is 1.64 bits per heavy atom. The minimum absolute atomic E-state index is 0.162. The van der Waals surface area contributed by atoms with Crippen LogP contribution in [-0.2, 0) is 9.59 Å². The van der Waals surface area contributed by atoms with E-state index in [0.717, 1.165) is 4.90 Å². The second kappa shape index (κ2) is 2.67. The van der Waals surface area contributed by atoms with E-state index >= 15 is 0 Å². The quantitative estimate of drug-likeness (QED) is 0.455. The normalized spacial score (nSPS) is 23.2. The Morgan fingerprint density at radius 3 is 2.73 bits per heavy atom. The van der Waals surface area contributed by atoms with E-state index in [2.05, 4.69) is 0 Å². The molecule has 0 aromatic heterocycles. The van der Waals surface area contributed by atoms with Gasteiger partial charge < -0.3 is 5.11 Å². The fourth-order valence-corrected chi connectivity index (χ4v) is 0.811. The zero-order chi connectivity index (χ0) is 8.43. The van der Waals surface area contributed by atoms with Crippen molar-refractivity contribution < 1.29 is 19.6 Å². The highest BCUT2D eigenvalue weighted by Crippen LogP contribution is 1.97. The summed E-state index contributed by atoms with van der Waals surface area (Å²) in [5, 5.41) is 8.49. The predicted octanol–water partition coefficient (Wildman–Crippen LogP) is -1.43. The van der Waals surface area contributed by atoms with Crippen molar-refractivity contribution in [1.82, 2.24) is 0 Å². The van der Waals surface area contributed by atoms with Crippen LogP contribution in [-0.4, -0.2) is 23.9 Å². The molecule has 4 heteroatoms. The van der Waals surface area contributed by atoms with Gasteiger partial charge in [-0.1, -0.05) is 0 Å². The molecule has 1 heterocycles. The van der Waals surface area contributed by atoms with Crippen molar-refractivity contribution in [3.63, 3.8) is 0 Å². The number of carbonyl (C=O) groups excluding carboxylic acids is 1. The average Bonchev–Trinajstić information content (AvgIpc) is 1.94. The van der Waals surface area contributed by atoms with Crippen LogP contribution in [0.25, 0.3) is 0 Å². The third-order valence-electron chi connectivity index (χ3n) is 1.37. The first kappa shape index (κ1) is 7.68. The summed E-state index contributed by atoms with van der Waals surface area (Å²) in [5.74, 6) is -1.61. The summed E-state index contributed by atoms with van der Waals surface area (Å²) in [7, 11) is 1.74. The summed E-state index contributed by atoms with van der Waals surface area (Å²) in [6.45, 7) is 0. The van der Waals surface area contributed by atoms with Gasteiger partial charge in [0.05, 0.1) is 7.05 Å². The number of aliphatic carboxylic acids is 1. The maximum absolute atomic E-state index is 10.8. The molecule has 2 N–H and O–H groups in total. The van der Waals surface area contributed by atoms with Gasteiger partial charge in [-0.05, 0) is 0 Å². The van der Waals surface area contributed by atoms with Crippen molar-refractivity contribution in [1.29, 1.82) is 0 Å². The van der Waals surface area contributed by atoms with Gasteiger partial charge in [-0.15, -0.1) is 0 Å². The van der Waals surface area contributed by atoms with E-state index in [-0.39, 0.29) is 5.57 Å². The molecule has 11 heavy (non-hydrogen) atoms. The monoisotopic (exact) mass is 154 g/mol. The topological polar surface area (TPSA) is 58.8 Å². The number of carboxylic acids is 1. The maximum Gasteiger partial charge on any atom is 0.345 e. The SMILES string of the molecule is C[NH+]1C=CC(=O)C(C(=O)O)=C1. The fraction of sp³-hybridized carbons (Fsp3) is 0.143. The van der Waals surface area contributed by atoms with E-state index in [9.17, 15) is 9.59 Å². The second-order valence-corrected chi connectivity index (χ2v) is 2.30. The number of rotatable bonds is 1. The van der Waals surface area contributed by atoms with Crippen molar-refractivity contribution in [3.8, 4) is 0 Å². The molecule has 0 saturated carbocycles. The van der Waals surface area contributed by atoms with Gasteiger partial charge in [0, 0.05) is 6.08 Å². The first-order valence-electron chi connectivity index (χ1n) is 3.12. The van der Waals surface area contributed by atoms with Crippen LogP contribution >= 0.6 is 0 Å². The lowest BCUT2D eigenvalue weighted by Gasteiger charge is -2.06. The molecule has 1 aliphatic heterocycles. The van der Waals surface area contributed by atoms with E-state index in [0.29, 0.717) is 0 Å². The Bertz CT molecular complexity index is 265. The molecular weight excluding hydrogens is 146 g/mol. The Labute approximate surface area is 63.4 Å². The van der Waals surface area contributed by atoms with E-state index in [1.165, 1.54) is 12.3 Å². The Morgan fingerprint density at radius 2 is 2.27 bits per heavy atom. The molecular formula is C7H8NO3+. The van der Waals surface area contributed by atoms with Gasteiger partial charge in [0.1, 0.15) is 12.4 Å². The average molecular weight is 154 g/mol. The minimum atomic E-state index is -1.17. The summed E-state index contributed by atoms with van der Waals surface area (Å²) in [6.07, 6.45) is 4.22. The van der Waals surface area contributed by atoms with Crippen LogP contribution in [0.15, 0.2) is 24.0 Å². The van der Waals surface area contributed by atoms with E-state index < -0.39 is 11.8 Å². The lowest BCUT2D eigenvalue weighted by Crippen LogP contribution is -2.99. The van der Waals surface area contributed by atoms with Crippen LogP contribution in [0.3, 0.4) is 0 Å². The molecule has 0 aromatic rings. The number of nitrogens with one attached hydrogen (secondary N) is 1. The Kier molecular flexibility index (Phi) is 1.87. The molecule has 1 rings (SSSR count). The van der Waals surface area contributed by atoms with Crippen LogP contribution < -0.4 is 4.90 Å². The van der Waals surface area contributed by atoms with Crippen LogP contribution in [0.5, 0.6) is 0 Å². The second-order valence-electron chi connectivity index (χ2n) is 2.30. The first-order chi connectivity index (χ1) is 5.11. The van der Waals surface area contributed by atoms with Gasteiger partial charge in [-0.25, -0.2) is 4.79 Å². The molecule has 0 fully saturated rings. The molecule has 0 aromatic carbocycles. The first-order valence-corrected chi connectivity index (χ1v) is 3.12. The van der Waals surface area contributed by atoms with E-state index in [4.69, 9.17) is 5.11 Å². The molecule has 0 bridgehead atoms. The number of carboxylic acid groups (broad SMARTS) is 1. The highest BCUT2D eigenvalue weighted by atomic mass is 16.4. The van der Waals surface area contributed by atoms with Crippen LogP contribution in [0.2, 0.25) is 0 Å². The summed E-state index contributed by atoms with van der Waals surface area (Å²) < 4.78 is 0. The van der Waals surface area contributed by atoms with Gasteiger partial charge in [0.2, 0.25) is 5.78 Å². The molecule has 1 aliphatic rings. The molecule has 4 nitrogen and oxygen atoms in total. The van der Waals surface area contributed by atoms with Gasteiger partial charge in [-0.2, -0.15) is 0 Å². The largest absolute Gasteiger partial charge is 0.477 e.